The van der Waals surface area contributed by atoms with Crippen LogP contribution in [-0.2, 0) is 35.3 Å². The summed E-state index contributed by atoms with van der Waals surface area (Å²) in [6, 6.07) is 19.0. The summed E-state index contributed by atoms with van der Waals surface area (Å²) in [6.45, 7) is 0.849. The van der Waals surface area contributed by atoms with Gasteiger partial charge >= 0.3 is 42.7 Å². The zero-order valence-electron chi connectivity index (χ0n) is 33.1. The van der Waals surface area contributed by atoms with Gasteiger partial charge in [-0.1, -0.05) is 25.6 Å². The molecule has 0 saturated heterocycles. The molecule has 0 unspecified atom stereocenters. The van der Waals surface area contributed by atoms with Crippen molar-refractivity contribution in [2.45, 2.75) is 26.9 Å². The van der Waals surface area contributed by atoms with E-state index in [0.717, 1.165) is 5.75 Å². The van der Waals surface area contributed by atoms with Crippen molar-refractivity contribution >= 4 is 46.9 Å². The number of alkyl halides is 2. The molecule has 6 rings (SSSR count). The van der Waals surface area contributed by atoms with Crippen LogP contribution in [0.2, 0.25) is 0 Å². The molecule has 5 aromatic heterocycles. The van der Waals surface area contributed by atoms with Crippen molar-refractivity contribution in [2.75, 3.05) is 14.2 Å². The number of aromatic nitrogens is 6. The van der Waals surface area contributed by atoms with Gasteiger partial charge in [-0.05, 0) is 54.5 Å². The fourth-order valence-electron chi connectivity index (χ4n) is 3.72. The maximum absolute atomic E-state index is 12.3. The summed E-state index contributed by atoms with van der Waals surface area (Å²) >= 11 is 0. The molecule has 63 heavy (non-hydrogen) atoms. The quantitative estimate of drug-likeness (QED) is 0.0348. The summed E-state index contributed by atoms with van der Waals surface area (Å²) in [5.41, 5.74) is 5.03. The van der Waals surface area contributed by atoms with Crippen LogP contribution in [0.3, 0.4) is 0 Å². The number of carbonyl (C=O) groups is 8. The number of para-hydroxylation sites is 1. The van der Waals surface area contributed by atoms with Crippen molar-refractivity contribution in [3.63, 3.8) is 0 Å². The zero-order valence-corrected chi connectivity index (χ0v) is 33.1. The topological polar surface area (TPSA) is 313 Å². The van der Waals surface area contributed by atoms with Gasteiger partial charge in [0.15, 0.2) is 17.4 Å². The van der Waals surface area contributed by atoms with Gasteiger partial charge in [-0.2, -0.15) is 8.78 Å². The number of Topliss-reactive ketones (excluding diaryl/α,β-unsaturated/α-hetero) is 4. The average molecular weight is 871 g/mol. The fourth-order valence-corrected chi connectivity index (χ4v) is 3.72. The van der Waals surface area contributed by atoms with Gasteiger partial charge in [-0.15, -0.1) is 0 Å². The summed E-state index contributed by atoms with van der Waals surface area (Å²) in [6.07, 6.45) is 8.44. The van der Waals surface area contributed by atoms with E-state index in [9.17, 15) is 47.1 Å². The monoisotopic (exact) mass is 870 g/mol. The summed E-state index contributed by atoms with van der Waals surface area (Å²) in [5.74, 6) is -4.58. The minimum absolute atomic E-state index is 0. The molecule has 0 spiro atoms. The Kier molecular flexibility index (Phi) is 24.7. The number of ether oxygens (including phenoxy) is 3. The van der Waals surface area contributed by atoms with E-state index in [4.69, 9.17) is 14.3 Å². The van der Waals surface area contributed by atoms with Crippen LogP contribution in [0.5, 0.6) is 5.75 Å². The molecule has 326 valence electrons. The van der Waals surface area contributed by atoms with Crippen molar-refractivity contribution in [3.8, 4) is 17.6 Å². The van der Waals surface area contributed by atoms with E-state index in [-0.39, 0.29) is 49.3 Å². The standard InChI is InChI=1S/C15H12O4.C7H7NO3.C6H6F2N2O.C6H5NO3.C5H5N3O2.CH4.Li/c1-17-15(16)10-9-13-7-8-14(19-13)11-18-12-5-3-2-4-6-12;1-11-7(10)6(9)5-3-2-4-8-5;1-6(7,8)4(11)5-9-2-3-10-5;8-5(6(9)10)4-2-1-3-7-4;6-4(10)3(9)5-7-1-2-8-5;;/h2-8H,11H2,1H3;2-4,8H,1H3;2-3H,1H3,(H,9,10);1-3,7H,(H,9,10);1-2H,(H2,6,10)(H,7,8);1H4;/q;;;;;;+1. The van der Waals surface area contributed by atoms with Crippen LogP contribution in [0.15, 0.2) is 108 Å². The van der Waals surface area contributed by atoms with Crippen LogP contribution < -0.4 is 29.3 Å². The van der Waals surface area contributed by atoms with Crippen molar-refractivity contribution in [1.29, 1.82) is 0 Å². The number of carboxylic acids is 1. The van der Waals surface area contributed by atoms with Gasteiger partial charge in [0.05, 0.1) is 25.6 Å². The number of imidazole rings is 2. The zero-order chi connectivity index (χ0) is 45.4. The first-order chi connectivity index (χ1) is 29.0. The maximum atomic E-state index is 12.3. The number of nitrogens with one attached hydrogen (secondary N) is 4. The Morgan fingerprint density at radius 3 is 1.75 bits per heavy atom. The molecule has 20 nitrogen and oxygen atoms in total. The Morgan fingerprint density at radius 1 is 0.746 bits per heavy atom. The fraction of sp³-hybridized carbons (Fsp3) is 0.150. The molecule has 0 bridgehead atoms. The predicted octanol–water partition coefficient (Wildman–Crippen LogP) is 1.00. The third-order valence-electron chi connectivity index (χ3n) is 6.56. The number of nitrogens with zero attached hydrogens (tertiary/aromatic N) is 2. The van der Waals surface area contributed by atoms with E-state index in [0.29, 0.717) is 25.1 Å². The largest absolute Gasteiger partial charge is 1.00 e. The molecular weight excluding hydrogens is 831 g/mol. The number of hydrogen-bond acceptors (Lipinski definition) is 14. The third-order valence-corrected chi connectivity index (χ3v) is 6.56. The molecule has 0 radical (unpaired) electrons. The van der Waals surface area contributed by atoms with Gasteiger partial charge in [-0.25, -0.2) is 24.4 Å². The average Bonchev–Trinajstić information content (AvgIpc) is 4.12. The van der Waals surface area contributed by atoms with Gasteiger partial charge in [-0.3, -0.25) is 24.0 Å². The van der Waals surface area contributed by atoms with Gasteiger partial charge in [0, 0.05) is 50.0 Å². The van der Waals surface area contributed by atoms with Gasteiger partial charge < -0.3 is 49.4 Å². The third kappa shape index (κ3) is 20.1. The van der Waals surface area contributed by atoms with Gasteiger partial charge in [0.2, 0.25) is 0 Å². The smallest absolute Gasteiger partial charge is 0.486 e. The number of aromatic amines is 4. The second kappa shape index (κ2) is 28.3. The molecule has 5 heterocycles. The van der Waals surface area contributed by atoms with Crippen molar-refractivity contribution < 1.29 is 89.7 Å². The second-order valence-electron chi connectivity index (χ2n) is 11.0. The molecule has 0 aliphatic carbocycles. The summed E-state index contributed by atoms with van der Waals surface area (Å²) in [4.78, 5) is 101. The van der Waals surface area contributed by atoms with Crippen LogP contribution in [0, 0.1) is 11.8 Å². The number of rotatable bonds is 11. The number of aliphatic carboxylic acids is 1. The van der Waals surface area contributed by atoms with Crippen molar-refractivity contribution in [2.24, 2.45) is 5.73 Å². The number of esters is 2. The molecule has 0 atom stereocenters. The first-order valence-electron chi connectivity index (χ1n) is 16.8. The second-order valence-corrected chi connectivity index (χ2v) is 11.0. The number of nitrogens with two attached hydrogens (primary N) is 1. The van der Waals surface area contributed by atoms with Crippen molar-refractivity contribution in [1.82, 2.24) is 29.9 Å². The molecule has 0 fully saturated rings. The van der Waals surface area contributed by atoms with Gasteiger partial charge in [0.1, 0.15) is 18.1 Å². The number of amides is 1. The minimum Gasteiger partial charge on any atom is -0.486 e. The van der Waals surface area contributed by atoms with Crippen LogP contribution >= 0.6 is 0 Å². The van der Waals surface area contributed by atoms with E-state index in [1.807, 2.05) is 30.3 Å². The maximum Gasteiger partial charge on any atom is 1.00 e. The van der Waals surface area contributed by atoms with Crippen LogP contribution in [0.1, 0.15) is 68.1 Å². The molecule has 6 aromatic rings. The number of carbonyl (C=O) groups excluding carboxylic acids is 7. The summed E-state index contributed by atoms with van der Waals surface area (Å²) in [7, 11) is 2.45. The van der Waals surface area contributed by atoms with Crippen LogP contribution in [0.4, 0.5) is 8.78 Å². The number of H-pyrrole nitrogens is 4. The molecule has 0 saturated carbocycles. The van der Waals surface area contributed by atoms with Crippen LogP contribution in [-0.4, -0.2) is 102 Å². The Hall–Kier alpha value is -8.14. The van der Waals surface area contributed by atoms with Crippen molar-refractivity contribution in [3.05, 3.63) is 138 Å². The minimum atomic E-state index is -3.35. The predicted molar refractivity (Wildman–Crippen MR) is 211 cm³/mol. The van der Waals surface area contributed by atoms with Gasteiger partial charge in [0.25, 0.3) is 29.0 Å². The number of carboxylic acid groups (broad SMARTS) is 1. The number of furan rings is 1. The Bertz CT molecular complexity index is 2340. The molecule has 1 aromatic carbocycles. The van der Waals surface area contributed by atoms with E-state index in [1.165, 1.54) is 57.3 Å². The molecule has 23 heteroatoms. The molecule has 7 N–H and O–H groups in total. The molecule has 0 aliphatic rings. The molecule has 0 aliphatic heterocycles. The Morgan fingerprint density at radius 2 is 1.30 bits per heavy atom. The number of halogens is 2. The molecular formula is C40H39F2LiN7O13+. The number of primary amides is 1. The van der Waals surface area contributed by atoms with E-state index < -0.39 is 52.9 Å². The van der Waals surface area contributed by atoms with Crippen LogP contribution in [0.25, 0.3) is 0 Å². The first-order valence-corrected chi connectivity index (χ1v) is 16.8. The number of methoxy groups -OCH3 is 2. The Balaban J connectivity index is 0.000000778. The first kappa shape index (κ1) is 54.9. The molecule has 1 amide bonds. The number of hydrogen-bond donors (Lipinski definition) is 6. The number of benzene rings is 1. The Labute approximate surface area is 368 Å². The van der Waals surface area contributed by atoms with E-state index in [2.05, 4.69) is 57.0 Å². The summed E-state index contributed by atoms with van der Waals surface area (Å²) < 4.78 is 44.1. The number of ketones is 4. The van der Waals surface area contributed by atoms with E-state index in [1.54, 1.807) is 30.5 Å². The normalized spacial score (nSPS) is 9.35. The van der Waals surface area contributed by atoms with E-state index >= 15 is 0 Å². The summed E-state index contributed by atoms with van der Waals surface area (Å²) in [5, 5.41) is 8.18. The SMILES string of the molecule is C.CC(F)(F)C(=O)c1ncc[nH]1.COC(=O)C#Cc1ccc(COc2ccccc2)o1.COC(=O)C(=O)c1ccc[nH]1.NC(=O)C(=O)c1ncc[nH]1.O=C(O)C(=O)c1ccc[nH]1.[Li+].